The molecule has 1 fully saturated rings. The van der Waals surface area contributed by atoms with E-state index in [4.69, 9.17) is 9.47 Å². The highest BCUT2D eigenvalue weighted by atomic mass is 16.5. The molecule has 0 aromatic heterocycles. The summed E-state index contributed by atoms with van der Waals surface area (Å²) < 4.78 is 11.6. The molecule has 0 heterocycles. The van der Waals surface area contributed by atoms with E-state index in [0.29, 0.717) is 19.3 Å². The van der Waals surface area contributed by atoms with Gasteiger partial charge in [0.1, 0.15) is 0 Å². The van der Waals surface area contributed by atoms with E-state index in [1.54, 1.807) is 0 Å². The highest BCUT2D eigenvalue weighted by Gasteiger charge is 2.21. The topological polar surface area (TPSA) is 30.5 Å². The second-order valence-corrected chi connectivity index (χ2v) is 4.86. The van der Waals surface area contributed by atoms with E-state index in [1.165, 1.54) is 12.8 Å². The van der Waals surface area contributed by atoms with Crippen LogP contribution >= 0.6 is 0 Å². The molecule has 0 amide bonds. The highest BCUT2D eigenvalue weighted by Crippen LogP contribution is 2.32. The summed E-state index contributed by atoms with van der Waals surface area (Å²) >= 11 is 0. The third-order valence-electron chi connectivity index (χ3n) is 3.17. The van der Waals surface area contributed by atoms with Gasteiger partial charge in [0.05, 0.1) is 13.2 Å². The predicted molar refractivity (Wildman–Crippen MR) is 81.0 cm³/mol. The maximum atomic E-state index is 5.91. The fourth-order valence-corrected chi connectivity index (χ4v) is 2.00. The average molecular weight is 273 g/mol. The molecule has 1 aliphatic rings. The number of hydrogen-bond donors (Lipinski definition) is 1. The zero-order valence-electron chi connectivity index (χ0n) is 12.4. The fourth-order valence-electron chi connectivity index (χ4n) is 2.00. The predicted octanol–water partition coefficient (Wildman–Crippen LogP) is 3.13. The lowest BCUT2D eigenvalue weighted by molar-refractivity contribution is 0.278. The van der Waals surface area contributed by atoms with Crippen molar-refractivity contribution in [2.45, 2.75) is 45.7 Å². The molecule has 3 nitrogen and oxygen atoms in total. The zero-order chi connectivity index (χ0) is 14.2. The molecule has 20 heavy (non-hydrogen) atoms. The van der Waals surface area contributed by atoms with E-state index in [-0.39, 0.29) is 0 Å². The van der Waals surface area contributed by atoms with Crippen molar-refractivity contribution >= 4 is 0 Å². The first-order valence-electron chi connectivity index (χ1n) is 7.35. The van der Waals surface area contributed by atoms with E-state index < -0.39 is 0 Å². The first-order chi connectivity index (χ1) is 9.85. The standard InChI is InChI=1S/C17H23NO2/c1-3-5-6-12-20-17-14(13-18-15-10-11-15)8-7-9-16(17)19-4-2/h7-9,15,18H,4,6,10-13H2,1-2H3. The molecule has 0 saturated heterocycles. The molecule has 1 saturated carbocycles. The smallest absolute Gasteiger partial charge is 0.165 e. The van der Waals surface area contributed by atoms with E-state index in [9.17, 15) is 0 Å². The molecule has 1 aromatic rings. The maximum Gasteiger partial charge on any atom is 0.165 e. The van der Waals surface area contributed by atoms with Crippen molar-refractivity contribution in [3.05, 3.63) is 23.8 Å². The number of hydrogen-bond acceptors (Lipinski definition) is 3. The average Bonchev–Trinajstić information content (AvgIpc) is 3.27. The van der Waals surface area contributed by atoms with Crippen LogP contribution in [0.4, 0.5) is 0 Å². The Morgan fingerprint density at radius 2 is 2.15 bits per heavy atom. The van der Waals surface area contributed by atoms with Crippen LogP contribution in [0.3, 0.4) is 0 Å². The van der Waals surface area contributed by atoms with Gasteiger partial charge in [0.2, 0.25) is 0 Å². The van der Waals surface area contributed by atoms with Crippen LogP contribution < -0.4 is 14.8 Å². The van der Waals surface area contributed by atoms with Crippen molar-refractivity contribution in [1.82, 2.24) is 5.32 Å². The quantitative estimate of drug-likeness (QED) is 0.583. The van der Waals surface area contributed by atoms with E-state index in [1.807, 2.05) is 26.0 Å². The summed E-state index contributed by atoms with van der Waals surface area (Å²) in [6.07, 6.45) is 3.31. The Kier molecular flexibility index (Phi) is 5.76. The molecule has 1 N–H and O–H groups in total. The Bertz CT molecular complexity index is 483. The molecule has 0 atom stereocenters. The first kappa shape index (κ1) is 14.7. The molecule has 108 valence electrons. The first-order valence-corrected chi connectivity index (χ1v) is 7.35. The summed E-state index contributed by atoms with van der Waals surface area (Å²) in [5, 5.41) is 3.52. The summed E-state index contributed by atoms with van der Waals surface area (Å²) in [5.41, 5.74) is 1.16. The third-order valence-corrected chi connectivity index (χ3v) is 3.17. The van der Waals surface area contributed by atoms with Gasteiger partial charge in [-0.1, -0.05) is 12.1 Å². The third kappa shape index (κ3) is 4.47. The van der Waals surface area contributed by atoms with E-state index in [2.05, 4.69) is 23.2 Å². The number of ether oxygens (including phenoxy) is 2. The van der Waals surface area contributed by atoms with Gasteiger partial charge < -0.3 is 14.8 Å². The van der Waals surface area contributed by atoms with Crippen molar-refractivity contribution in [1.29, 1.82) is 0 Å². The van der Waals surface area contributed by atoms with Crippen LogP contribution in [0.25, 0.3) is 0 Å². The highest BCUT2D eigenvalue weighted by molar-refractivity contribution is 5.46. The molecule has 2 rings (SSSR count). The summed E-state index contributed by atoms with van der Waals surface area (Å²) in [5.74, 6) is 7.59. The summed E-state index contributed by atoms with van der Waals surface area (Å²) in [7, 11) is 0. The van der Waals surface area contributed by atoms with Crippen molar-refractivity contribution in [2.24, 2.45) is 0 Å². The Balaban J connectivity index is 2.05. The van der Waals surface area contributed by atoms with Gasteiger partial charge >= 0.3 is 0 Å². The molecule has 3 heteroatoms. The summed E-state index contributed by atoms with van der Waals surface area (Å²) in [6.45, 7) is 5.91. The lowest BCUT2D eigenvalue weighted by Gasteiger charge is -2.15. The summed E-state index contributed by atoms with van der Waals surface area (Å²) in [4.78, 5) is 0. The number of nitrogens with one attached hydrogen (secondary N) is 1. The van der Waals surface area contributed by atoms with Crippen LogP contribution in [-0.4, -0.2) is 19.3 Å². The monoisotopic (exact) mass is 273 g/mol. The van der Waals surface area contributed by atoms with Crippen LogP contribution in [0.1, 0.15) is 38.7 Å². The maximum absolute atomic E-state index is 5.91. The van der Waals surface area contributed by atoms with Gasteiger partial charge in [-0.3, -0.25) is 0 Å². The molecular weight excluding hydrogens is 250 g/mol. The Morgan fingerprint density at radius 1 is 1.30 bits per heavy atom. The second kappa shape index (κ2) is 7.81. The molecule has 0 aliphatic heterocycles. The van der Waals surface area contributed by atoms with Crippen LogP contribution in [0.5, 0.6) is 11.5 Å². The van der Waals surface area contributed by atoms with Gasteiger partial charge in [-0.2, -0.15) is 0 Å². The van der Waals surface area contributed by atoms with Crippen LogP contribution in [0.15, 0.2) is 18.2 Å². The van der Waals surface area contributed by atoms with Crippen molar-refractivity contribution in [3.63, 3.8) is 0 Å². The van der Waals surface area contributed by atoms with E-state index in [0.717, 1.165) is 30.0 Å². The molecule has 1 aromatic carbocycles. The molecule has 0 unspecified atom stereocenters. The Labute approximate surface area is 121 Å². The minimum Gasteiger partial charge on any atom is -0.490 e. The van der Waals surface area contributed by atoms with Gasteiger partial charge in [-0.25, -0.2) is 0 Å². The molecule has 1 aliphatic carbocycles. The minimum absolute atomic E-state index is 0.599. The zero-order valence-corrected chi connectivity index (χ0v) is 12.4. The van der Waals surface area contributed by atoms with Crippen molar-refractivity contribution in [3.8, 4) is 23.3 Å². The van der Waals surface area contributed by atoms with Gasteiger partial charge in [-0.15, -0.1) is 11.8 Å². The minimum atomic E-state index is 0.599. The largest absolute Gasteiger partial charge is 0.490 e. The molecular formula is C17H23NO2. The van der Waals surface area contributed by atoms with Crippen molar-refractivity contribution < 1.29 is 9.47 Å². The number of rotatable bonds is 8. The van der Waals surface area contributed by atoms with Crippen LogP contribution in [0.2, 0.25) is 0 Å². The van der Waals surface area contributed by atoms with Crippen LogP contribution in [0, 0.1) is 11.8 Å². The van der Waals surface area contributed by atoms with Crippen LogP contribution in [-0.2, 0) is 6.54 Å². The lowest BCUT2D eigenvalue weighted by Crippen LogP contribution is -2.16. The van der Waals surface area contributed by atoms with Gasteiger partial charge in [0, 0.05) is 24.6 Å². The van der Waals surface area contributed by atoms with Gasteiger partial charge in [-0.05, 0) is 32.8 Å². The molecule has 0 radical (unpaired) electrons. The number of para-hydroxylation sites is 1. The second-order valence-electron chi connectivity index (χ2n) is 4.86. The van der Waals surface area contributed by atoms with E-state index >= 15 is 0 Å². The van der Waals surface area contributed by atoms with Gasteiger partial charge in [0.15, 0.2) is 11.5 Å². The lowest BCUT2D eigenvalue weighted by atomic mass is 10.2. The molecule has 0 bridgehead atoms. The number of benzene rings is 1. The Hall–Kier alpha value is -1.66. The Morgan fingerprint density at radius 3 is 2.85 bits per heavy atom. The molecule has 0 spiro atoms. The van der Waals surface area contributed by atoms with Gasteiger partial charge in [0.25, 0.3) is 0 Å². The fraction of sp³-hybridized carbons (Fsp3) is 0.529. The van der Waals surface area contributed by atoms with Crippen molar-refractivity contribution in [2.75, 3.05) is 13.2 Å². The SMILES string of the molecule is CC#CCCOc1c(CNC2CC2)cccc1OCC. The normalized spacial score (nSPS) is 13.5. The summed E-state index contributed by atoms with van der Waals surface area (Å²) in [6, 6.07) is 6.77.